The molecule has 3 heteroatoms. The van der Waals surface area contributed by atoms with E-state index in [0.29, 0.717) is 12.0 Å². The number of nitrogens with one attached hydrogen (secondary N) is 1. The van der Waals surface area contributed by atoms with E-state index in [1.54, 1.807) is 0 Å². The standard InChI is InChI=1S/C13H20N2S/c1-10(2)11(3)15(4)13(16)14-12-8-6-5-7-9-12/h5-11H,1-4H3,(H,14,16). The van der Waals surface area contributed by atoms with Gasteiger partial charge in [-0.3, -0.25) is 0 Å². The van der Waals surface area contributed by atoms with Gasteiger partial charge in [-0.25, -0.2) is 0 Å². The minimum Gasteiger partial charge on any atom is -0.349 e. The van der Waals surface area contributed by atoms with Gasteiger partial charge in [-0.05, 0) is 37.2 Å². The Morgan fingerprint density at radius 3 is 2.25 bits per heavy atom. The molecule has 0 aliphatic heterocycles. The van der Waals surface area contributed by atoms with Crippen LogP contribution in [-0.2, 0) is 0 Å². The highest BCUT2D eigenvalue weighted by Crippen LogP contribution is 2.11. The van der Waals surface area contributed by atoms with Crippen LogP contribution in [-0.4, -0.2) is 23.1 Å². The molecular weight excluding hydrogens is 216 g/mol. The van der Waals surface area contributed by atoms with Gasteiger partial charge >= 0.3 is 0 Å². The van der Waals surface area contributed by atoms with Crippen molar-refractivity contribution in [1.29, 1.82) is 0 Å². The fourth-order valence-electron chi connectivity index (χ4n) is 1.37. The smallest absolute Gasteiger partial charge is 0.173 e. The van der Waals surface area contributed by atoms with Crippen molar-refractivity contribution in [3.63, 3.8) is 0 Å². The van der Waals surface area contributed by atoms with Gasteiger partial charge in [0.2, 0.25) is 0 Å². The van der Waals surface area contributed by atoms with E-state index in [2.05, 4.69) is 31.0 Å². The van der Waals surface area contributed by atoms with Crippen molar-refractivity contribution in [2.75, 3.05) is 12.4 Å². The summed E-state index contributed by atoms with van der Waals surface area (Å²) in [5.41, 5.74) is 1.04. The topological polar surface area (TPSA) is 15.3 Å². The molecule has 0 aromatic heterocycles. The zero-order valence-corrected chi connectivity index (χ0v) is 11.2. The van der Waals surface area contributed by atoms with Crippen LogP contribution >= 0.6 is 12.2 Å². The van der Waals surface area contributed by atoms with Crippen LogP contribution < -0.4 is 5.32 Å². The minimum atomic E-state index is 0.434. The zero-order valence-electron chi connectivity index (χ0n) is 10.4. The second kappa shape index (κ2) is 5.85. The number of nitrogens with zero attached hydrogens (tertiary/aromatic N) is 1. The van der Waals surface area contributed by atoms with Crippen LogP contribution in [0.3, 0.4) is 0 Å². The number of rotatable bonds is 3. The molecular formula is C13H20N2S. The first kappa shape index (κ1) is 13.0. The quantitative estimate of drug-likeness (QED) is 0.810. The van der Waals surface area contributed by atoms with Gasteiger partial charge in [0.05, 0.1) is 0 Å². The molecule has 1 rings (SSSR count). The molecule has 16 heavy (non-hydrogen) atoms. The Hall–Kier alpha value is -1.09. The second-order valence-corrected chi connectivity index (χ2v) is 4.78. The van der Waals surface area contributed by atoms with Crippen LogP contribution in [0.15, 0.2) is 30.3 Å². The molecule has 1 aromatic carbocycles. The zero-order chi connectivity index (χ0) is 12.1. The molecule has 0 bridgehead atoms. The van der Waals surface area contributed by atoms with Crippen molar-refractivity contribution >= 4 is 23.0 Å². The molecule has 0 aliphatic rings. The van der Waals surface area contributed by atoms with Crippen molar-refractivity contribution in [3.8, 4) is 0 Å². The molecule has 0 spiro atoms. The maximum Gasteiger partial charge on any atom is 0.173 e. The average molecular weight is 236 g/mol. The summed E-state index contributed by atoms with van der Waals surface area (Å²) in [5.74, 6) is 0.584. The van der Waals surface area contributed by atoms with Crippen molar-refractivity contribution < 1.29 is 0 Å². The van der Waals surface area contributed by atoms with E-state index < -0.39 is 0 Å². The molecule has 1 N–H and O–H groups in total. The number of benzene rings is 1. The summed E-state index contributed by atoms with van der Waals surface area (Å²) < 4.78 is 0. The van der Waals surface area contributed by atoms with Gasteiger partial charge < -0.3 is 10.2 Å². The van der Waals surface area contributed by atoms with E-state index in [1.807, 2.05) is 37.4 Å². The number of para-hydroxylation sites is 1. The molecule has 0 saturated heterocycles. The summed E-state index contributed by atoms with van der Waals surface area (Å²) in [6.07, 6.45) is 0. The molecule has 0 radical (unpaired) electrons. The van der Waals surface area contributed by atoms with E-state index in [4.69, 9.17) is 12.2 Å². The lowest BCUT2D eigenvalue weighted by atomic mass is 10.1. The summed E-state index contributed by atoms with van der Waals surface area (Å²) >= 11 is 5.37. The Labute approximate surface area is 104 Å². The summed E-state index contributed by atoms with van der Waals surface area (Å²) in [6.45, 7) is 6.59. The average Bonchev–Trinajstić information content (AvgIpc) is 2.28. The van der Waals surface area contributed by atoms with E-state index in [0.717, 1.165) is 10.8 Å². The number of hydrogen-bond acceptors (Lipinski definition) is 1. The van der Waals surface area contributed by atoms with Gasteiger partial charge in [-0.1, -0.05) is 32.0 Å². The lowest BCUT2D eigenvalue weighted by molar-refractivity contribution is 0.313. The molecule has 0 fully saturated rings. The first-order valence-electron chi connectivity index (χ1n) is 5.61. The monoisotopic (exact) mass is 236 g/mol. The predicted molar refractivity (Wildman–Crippen MR) is 74.7 cm³/mol. The van der Waals surface area contributed by atoms with Crippen LogP contribution in [0, 0.1) is 5.92 Å². The van der Waals surface area contributed by atoms with Gasteiger partial charge in [-0.15, -0.1) is 0 Å². The summed E-state index contributed by atoms with van der Waals surface area (Å²) in [6, 6.07) is 10.5. The number of thiocarbonyl (C=S) groups is 1. The molecule has 1 aromatic rings. The summed E-state index contributed by atoms with van der Waals surface area (Å²) in [4.78, 5) is 2.10. The van der Waals surface area contributed by atoms with Crippen LogP contribution in [0.5, 0.6) is 0 Å². The Bertz CT molecular complexity index is 335. The van der Waals surface area contributed by atoms with Gasteiger partial charge in [0.1, 0.15) is 0 Å². The van der Waals surface area contributed by atoms with Gasteiger partial charge in [0.15, 0.2) is 5.11 Å². The Kier molecular flexibility index (Phi) is 4.74. The molecule has 1 atom stereocenters. The predicted octanol–water partition coefficient (Wildman–Crippen LogP) is 3.36. The normalized spacial score (nSPS) is 12.3. The highest BCUT2D eigenvalue weighted by atomic mass is 32.1. The second-order valence-electron chi connectivity index (χ2n) is 4.39. The minimum absolute atomic E-state index is 0.434. The van der Waals surface area contributed by atoms with Crippen LogP contribution in [0.1, 0.15) is 20.8 Å². The maximum atomic E-state index is 5.37. The third-order valence-corrected chi connectivity index (χ3v) is 3.31. The first-order chi connectivity index (χ1) is 7.52. The SMILES string of the molecule is CC(C)C(C)N(C)C(=S)Nc1ccccc1. The van der Waals surface area contributed by atoms with Crippen molar-refractivity contribution in [3.05, 3.63) is 30.3 Å². The Morgan fingerprint density at radius 1 is 1.19 bits per heavy atom. The molecule has 0 amide bonds. The van der Waals surface area contributed by atoms with Crippen LogP contribution in [0.4, 0.5) is 5.69 Å². The highest BCUT2D eigenvalue weighted by molar-refractivity contribution is 7.80. The van der Waals surface area contributed by atoms with Gasteiger partial charge in [0, 0.05) is 18.8 Å². The summed E-state index contributed by atoms with van der Waals surface area (Å²) in [7, 11) is 2.03. The summed E-state index contributed by atoms with van der Waals surface area (Å²) in [5, 5.41) is 4.01. The van der Waals surface area contributed by atoms with E-state index in [1.165, 1.54) is 0 Å². The number of anilines is 1. The fraction of sp³-hybridized carbons (Fsp3) is 0.462. The Balaban J connectivity index is 2.59. The molecule has 1 unspecified atom stereocenters. The lowest BCUT2D eigenvalue weighted by Gasteiger charge is -2.30. The molecule has 0 heterocycles. The molecule has 0 saturated carbocycles. The third-order valence-electron chi connectivity index (χ3n) is 2.92. The van der Waals surface area contributed by atoms with E-state index in [9.17, 15) is 0 Å². The third kappa shape index (κ3) is 3.49. The van der Waals surface area contributed by atoms with Gasteiger partial charge in [0.25, 0.3) is 0 Å². The van der Waals surface area contributed by atoms with Crippen molar-refractivity contribution in [1.82, 2.24) is 4.90 Å². The van der Waals surface area contributed by atoms with Crippen molar-refractivity contribution in [2.45, 2.75) is 26.8 Å². The highest BCUT2D eigenvalue weighted by Gasteiger charge is 2.15. The van der Waals surface area contributed by atoms with Crippen LogP contribution in [0.25, 0.3) is 0 Å². The Morgan fingerprint density at radius 2 is 1.75 bits per heavy atom. The lowest BCUT2D eigenvalue weighted by Crippen LogP contribution is -2.40. The first-order valence-corrected chi connectivity index (χ1v) is 6.02. The van der Waals surface area contributed by atoms with Crippen LogP contribution in [0.2, 0.25) is 0 Å². The number of hydrogen-bond donors (Lipinski definition) is 1. The largest absolute Gasteiger partial charge is 0.349 e. The maximum absolute atomic E-state index is 5.37. The van der Waals surface area contributed by atoms with E-state index in [-0.39, 0.29) is 0 Å². The fourth-order valence-corrected chi connectivity index (χ4v) is 1.65. The molecule has 88 valence electrons. The van der Waals surface area contributed by atoms with Crippen molar-refractivity contribution in [2.24, 2.45) is 5.92 Å². The van der Waals surface area contributed by atoms with Gasteiger partial charge in [-0.2, -0.15) is 0 Å². The molecule has 2 nitrogen and oxygen atoms in total. The van der Waals surface area contributed by atoms with E-state index >= 15 is 0 Å². The molecule has 0 aliphatic carbocycles.